The summed E-state index contributed by atoms with van der Waals surface area (Å²) in [5.74, 6) is -1.57. The number of hydrogen-bond acceptors (Lipinski definition) is 7. The van der Waals surface area contributed by atoms with Crippen LogP contribution in [0.4, 0.5) is 0 Å². The van der Waals surface area contributed by atoms with E-state index in [0.717, 1.165) is 5.56 Å². The number of esters is 2. The van der Waals surface area contributed by atoms with Gasteiger partial charge < -0.3 is 14.6 Å². The zero-order valence-corrected chi connectivity index (χ0v) is 18.4. The quantitative estimate of drug-likeness (QED) is 0.340. The number of nitrogens with zero attached hydrogens (tertiary/aromatic N) is 2. The number of ether oxygens (including phenoxy) is 2. The van der Waals surface area contributed by atoms with Crippen molar-refractivity contribution < 1.29 is 29.0 Å². The molecule has 1 N–H and O–H groups in total. The highest BCUT2D eigenvalue weighted by atomic mass is 16.5. The largest absolute Gasteiger partial charge is 0.507 e. The molecule has 34 heavy (non-hydrogen) atoms. The van der Waals surface area contributed by atoms with E-state index in [1.54, 1.807) is 54.6 Å². The molecule has 0 saturated carbocycles. The van der Waals surface area contributed by atoms with Crippen LogP contribution in [-0.4, -0.2) is 47.3 Å². The molecule has 3 aromatic carbocycles. The number of phenols is 1. The normalized spacial score (nSPS) is 10.5. The van der Waals surface area contributed by atoms with Gasteiger partial charge in [0.15, 0.2) is 12.0 Å². The van der Waals surface area contributed by atoms with E-state index in [4.69, 9.17) is 9.47 Å². The van der Waals surface area contributed by atoms with E-state index in [2.05, 4.69) is 5.10 Å². The van der Waals surface area contributed by atoms with Crippen LogP contribution in [0.15, 0.2) is 72.8 Å². The number of benzene rings is 3. The van der Waals surface area contributed by atoms with Crippen LogP contribution < -0.4 is 0 Å². The van der Waals surface area contributed by atoms with Crippen molar-refractivity contribution in [2.75, 3.05) is 14.2 Å². The number of rotatable bonds is 6. The number of aromatic nitrogens is 2. The maximum absolute atomic E-state index is 12.7. The van der Waals surface area contributed by atoms with Gasteiger partial charge in [-0.3, -0.25) is 4.79 Å². The first-order valence-corrected chi connectivity index (χ1v) is 10.2. The molecule has 4 aromatic rings. The molecule has 0 aliphatic heterocycles. The van der Waals surface area contributed by atoms with Crippen molar-refractivity contribution in [2.45, 2.75) is 0 Å². The summed E-state index contributed by atoms with van der Waals surface area (Å²) in [7, 11) is 2.46. The number of aldehydes is 1. The lowest BCUT2D eigenvalue weighted by atomic mass is 9.99. The Morgan fingerprint density at radius 3 is 2.06 bits per heavy atom. The van der Waals surface area contributed by atoms with Gasteiger partial charge in [0.25, 0.3) is 0 Å². The molecule has 0 spiro atoms. The molecular formula is C26H20N2O6. The predicted molar refractivity (Wildman–Crippen MR) is 124 cm³/mol. The van der Waals surface area contributed by atoms with Crippen molar-refractivity contribution in [3.8, 4) is 33.8 Å². The summed E-state index contributed by atoms with van der Waals surface area (Å²) in [5, 5.41) is 14.6. The highest BCUT2D eigenvalue weighted by molar-refractivity contribution is 6.06. The standard InChI is InChI=1S/C26H20N2O6/c1-33-25(31)22-23(27-28(24(22)26(32)34-2)20-6-4-3-5-7-20)17-10-8-16(9-11-17)18-12-13-19(15-29)21(30)14-18/h3-15,30H,1-2H3. The fourth-order valence-electron chi connectivity index (χ4n) is 3.60. The summed E-state index contributed by atoms with van der Waals surface area (Å²) in [5.41, 5.74) is 3.00. The van der Waals surface area contributed by atoms with Crippen molar-refractivity contribution in [3.63, 3.8) is 0 Å². The molecule has 0 bridgehead atoms. The molecule has 0 unspecified atom stereocenters. The van der Waals surface area contributed by atoms with Crippen molar-refractivity contribution in [3.05, 3.63) is 89.6 Å². The van der Waals surface area contributed by atoms with E-state index >= 15 is 0 Å². The molecule has 1 aromatic heterocycles. The molecule has 0 aliphatic carbocycles. The minimum Gasteiger partial charge on any atom is -0.507 e. The molecule has 8 heteroatoms. The Balaban J connectivity index is 1.86. The Morgan fingerprint density at radius 2 is 1.47 bits per heavy atom. The van der Waals surface area contributed by atoms with Crippen LogP contribution in [0.25, 0.3) is 28.1 Å². The predicted octanol–water partition coefficient (Wildman–Crippen LogP) is 4.30. The lowest BCUT2D eigenvalue weighted by Crippen LogP contribution is -2.15. The average Bonchev–Trinajstić information content (AvgIpc) is 3.29. The summed E-state index contributed by atoms with van der Waals surface area (Å²) in [6.07, 6.45) is 0.582. The van der Waals surface area contributed by atoms with Crippen LogP contribution in [0.3, 0.4) is 0 Å². The Bertz CT molecular complexity index is 1370. The van der Waals surface area contributed by atoms with Gasteiger partial charge in [0.1, 0.15) is 17.0 Å². The molecule has 0 radical (unpaired) electrons. The van der Waals surface area contributed by atoms with Crippen LogP contribution in [0.2, 0.25) is 0 Å². The van der Waals surface area contributed by atoms with Gasteiger partial charge in [-0.05, 0) is 35.4 Å². The lowest BCUT2D eigenvalue weighted by Gasteiger charge is -2.07. The van der Waals surface area contributed by atoms with Crippen LogP contribution in [-0.2, 0) is 9.47 Å². The van der Waals surface area contributed by atoms with E-state index in [9.17, 15) is 19.5 Å². The van der Waals surface area contributed by atoms with Gasteiger partial charge in [0, 0.05) is 5.56 Å². The van der Waals surface area contributed by atoms with Crippen LogP contribution in [0.5, 0.6) is 5.75 Å². The molecular weight excluding hydrogens is 436 g/mol. The Morgan fingerprint density at radius 1 is 0.853 bits per heavy atom. The van der Waals surface area contributed by atoms with Gasteiger partial charge in [-0.15, -0.1) is 0 Å². The summed E-state index contributed by atoms with van der Waals surface area (Å²) in [6.45, 7) is 0. The number of hydrogen-bond donors (Lipinski definition) is 1. The Kier molecular flexibility index (Phi) is 6.22. The van der Waals surface area contributed by atoms with E-state index in [0.29, 0.717) is 23.1 Å². The van der Waals surface area contributed by atoms with Crippen LogP contribution >= 0.6 is 0 Å². The molecule has 4 rings (SSSR count). The van der Waals surface area contributed by atoms with Gasteiger partial charge in [-0.2, -0.15) is 5.10 Å². The Labute approximate surface area is 195 Å². The second-order valence-corrected chi connectivity index (χ2v) is 7.27. The number of para-hydroxylation sites is 1. The lowest BCUT2D eigenvalue weighted by molar-refractivity contribution is 0.0549. The highest BCUT2D eigenvalue weighted by Gasteiger charge is 2.31. The Hall–Kier alpha value is -4.72. The van der Waals surface area contributed by atoms with Gasteiger partial charge >= 0.3 is 11.9 Å². The molecule has 170 valence electrons. The number of carbonyl (C=O) groups excluding carboxylic acids is 3. The van der Waals surface area contributed by atoms with E-state index in [1.165, 1.54) is 31.0 Å². The maximum atomic E-state index is 12.7. The minimum absolute atomic E-state index is 0.0149. The van der Waals surface area contributed by atoms with Crippen LogP contribution in [0.1, 0.15) is 31.2 Å². The molecule has 1 heterocycles. The average molecular weight is 456 g/mol. The van der Waals surface area contributed by atoms with Gasteiger partial charge in [0.2, 0.25) is 0 Å². The minimum atomic E-state index is -0.731. The summed E-state index contributed by atoms with van der Waals surface area (Å²) in [4.78, 5) is 36.4. The number of methoxy groups -OCH3 is 2. The monoisotopic (exact) mass is 456 g/mol. The van der Waals surface area contributed by atoms with Gasteiger partial charge in [-0.25, -0.2) is 14.3 Å². The van der Waals surface area contributed by atoms with Crippen molar-refractivity contribution >= 4 is 18.2 Å². The van der Waals surface area contributed by atoms with Crippen molar-refractivity contribution in [1.82, 2.24) is 9.78 Å². The zero-order valence-electron chi connectivity index (χ0n) is 18.4. The smallest absolute Gasteiger partial charge is 0.357 e. The number of aromatic hydroxyl groups is 1. The molecule has 0 fully saturated rings. The topological polar surface area (TPSA) is 108 Å². The second-order valence-electron chi connectivity index (χ2n) is 7.27. The van der Waals surface area contributed by atoms with E-state index < -0.39 is 11.9 Å². The first-order valence-electron chi connectivity index (χ1n) is 10.2. The van der Waals surface area contributed by atoms with Gasteiger partial charge in [0.05, 0.1) is 25.5 Å². The summed E-state index contributed by atoms with van der Waals surface area (Å²) in [6, 6.07) is 20.7. The second kappa shape index (κ2) is 9.41. The summed E-state index contributed by atoms with van der Waals surface area (Å²) < 4.78 is 11.2. The third kappa shape index (κ3) is 4.04. The maximum Gasteiger partial charge on any atom is 0.357 e. The van der Waals surface area contributed by atoms with Crippen molar-refractivity contribution in [1.29, 1.82) is 0 Å². The molecule has 0 atom stereocenters. The number of carbonyl (C=O) groups is 3. The van der Waals surface area contributed by atoms with E-state index in [-0.39, 0.29) is 28.3 Å². The third-order valence-corrected chi connectivity index (χ3v) is 5.30. The van der Waals surface area contributed by atoms with Crippen LogP contribution in [0, 0.1) is 0 Å². The first kappa shape index (κ1) is 22.5. The molecule has 0 amide bonds. The fraction of sp³-hybridized carbons (Fsp3) is 0.0769. The molecule has 8 nitrogen and oxygen atoms in total. The van der Waals surface area contributed by atoms with E-state index in [1.807, 2.05) is 6.07 Å². The zero-order chi connectivity index (χ0) is 24.2. The van der Waals surface area contributed by atoms with Crippen molar-refractivity contribution in [2.24, 2.45) is 0 Å². The fourth-order valence-corrected chi connectivity index (χ4v) is 3.60. The summed E-state index contributed by atoms with van der Waals surface area (Å²) >= 11 is 0. The first-order chi connectivity index (χ1) is 16.5. The third-order valence-electron chi connectivity index (χ3n) is 5.30. The van der Waals surface area contributed by atoms with Gasteiger partial charge in [-0.1, -0.05) is 48.5 Å². The number of phenolic OH excluding ortho intramolecular Hbond substituents is 1. The molecule has 0 saturated heterocycles. The SMILES string of the molecule is COC(=O)c1c(-c2ccc(-c3ccc(C=O)c(O)c3)cc2)nn(-c2ccccc2)c1C(=O)OC. The highest BCUT2D eigenvalue weighted by Crippen LogP contribution is 2.32. The molecule has 0 aliphatic rings.